The number of aliphatic hydroxyl groups is 1. The third-order valence-corrected chi connectivity index (χ3v) is 6.38. The van der Waals surface area contributed by atoms with Crippen LogP contribution in [0, 0.1) is 5.92 Å². The Morgan fingerprint density at radius 2 is 1.39 bits per heavy atom. The molecule has 1 rings (SSSR count). The quantitative estimate of drug-likeness (QED) is 0.113. The number of carbonyl (C=O) groups is 1. The molecular formula is C28H50O3. The van der Waals surface area contributed by atoms with E-state index < -0.39 is 0 Å². The Morgan fingerprint density at radius 1 is 0.806 bits per heavy atom. The van der Waals surface area contributed by atoms with E-state index >= 15 is 0 Å². The van der Waals surface area contributed by atoms with Gasteiger partial charge < -0.3 is 9.84 Å². The number of esters is 1. The van der Waals surface area contributed by atoms with Crippen LogP contribution in [0.1, 0.15) is 129 Å². The van der Waals surface area contributed by atoms with E-state index in [1.165, 1.54) is 77.0 Å². The lowest BCUT2D eigenvalue weighted by molar-refractivity contribution is -0.188. The Hall–Kier alpha value is -1.09. The van der Waals surface area contributed by atoms with E-state index in [4.69, 9.17) is 4.74 Å². The lowest BCUT2D eigenvalue weighted by atomic mass is 9.86. The van der Waals surface area contributed by atoms with Gasteiger partial charge in [-0.05, 0) is 44.9 Å². The zero-order chi connectivity index (χ0) is 22.6. The normalized spacial score (nSPS) is 19.8. The summed E-state index contributed by atoms with van der Waals surface area (Å²) in [5.41, 5.74) is 0. The number of rotatable bonds is 21. The molecule has 1 unspecified atom stereocenters. The van der Waals surface area contributed by atoms with Crippen molar-refractivity contribution in [1.29, 1.82) is 0 Å². The molecule has 3 heteroatoms. The van der Waals surface area contributed by atoms with Crippen LogP contribution in [0.15, 0.2) is 24.3 Å². The Bertz CT molecular complexity index is 483. The van der Waals surface area contributed by atoms with Crippen molar-refractivity contribution < 1.29 is 14.6 Å². The van der Waals surface area contributed by atoms with Crippen molar-refractivity contribution in [3.8, 4) is 0 Å². The van der Waals surface area contributed by atoms with E-state index in [0.717, 1.165) is 32.1 Å². The molecule has 0 aromatic carbocycles. The van der Waals surface area contributed by atoms with Gasteiger partial charge in [-0.2, -0.15) is 0 Å². The van der Waals surface area contributed by atoms with Gasteiger partial charge in [-0.3, -0.25) is 4.79 Å². The molecule has 180 valence electrons. The van der Waals surface area contributed by atoms with E-state index in [1.807, 2.05) is 0 Å². The number of ether oxygens (including phenoxy) is 1. The van der Waals surface area contributed by atoms with Crippen LogP contribution >= 0.6 is 0 Å². The van der Waals surface area contributed by atoms with Crippen molar-refractivity contribution in [2.45, 2.75) is 142 Å². The van der Waals surface area contributed by atoms with Gasteiger partial charge in [-0.25, -0.2) is 0 Å². The van der Waals surface area contributed by atoms with Gasteiger partial charge in [0.25, 0.3) is 0 Å². The molecule has 0 amide bonds. The smallest absolute Gasteiger partial charge is 0.313 e. The van der Waals surface area contributed by atoms with Crippen molar-refractivity contribution >= 4 is 5.97 Å². The molecule has 1 N–H and O–H groups in total. The molecule has 1 fully saturated rings. The number of hydrogen-bond donors (Lipinski definition) is 1. The second-order valence-corrected chi connectivity index (χ2v) is 9.34. The van der Waals surface area contributed by atoms with Crippen LogP contribution in [-0.2, 0) is 9.53 Å². The highest BCUT2D eigenvalue weighted by Crippen LogP contribution is 2.31. The summed E-state index contributed by atoms with van der Waals surface area (Å²) in [6, 6.07) is 0. The maximum Gasteiger partial charge on any atom is 0.313 e. The fraction of sp³-hybridized carbons (Fsp3) is 0.821. The van der Waals surface area contributed by atoms with Crippen molar-refractivity contribution in [1.82, 2.24) is 0 Å². The maximum atomic E-state index is 11.7. The van der Waals surface area contributed by atoms with Crippen LogP contribution in [-0.4, -0.2) is 23.3 Å². The second-order valence-electron chi connectivity index (χ2n) is 9.34. The largest absolute Gasteiger partial charge is 0.461 e. The number of hydrogen-bond acceptors (Lipinski definition) is 3. The van der Waals surface area contributed by atoms with Crippen molar-refractivity contribution in [3.63, 3.8) is 0 Å². The Morgan fingerprint density at radius 3 is 2.06 bits per heavy atom. The van der Waals surface area contributed by atoms with Crippen LogP contribution in [0.4, 0.5) is 0 Å². The number of allylic oxidation sites excluding steroid dienone is 4. The van der Waals surface area contributed by atoms with Crippen LogP contribution in [0.5, 0.6) is 0 Å². The SMILES string of the molecule is CCCCCC=CCC=CCCCCCCCC(O)C[C@H]1OC(=O)[C@H]1CCCCCC. The molecule has 31 heavy (non-hydrogen) atoms. The molecule has 0 saturated carbocycles. The van der Waals surface area contributed by atoms with Gasteiger partial charge in [0.1, 0.15) is 6.10 Å². The van der Waals surface area contributed by atoms with Crippen molar-refractivity contribution in [2.24, 2.45) is 5.92 Å². The number of cyclic esters (lactones) is 1. The monoisotopic (exact) mass is 434 g/mol. The number of aliphatic hydroxyl groups excluding tert-OH is 1. The molecule has 0 bridgehead atoms. The van der Waals surface area contributed by atoms with Crippen LogP contribution in [0.3, 0.4) is 0 Å². The van der Waals surface area contributed by atoms with E-state index in [-0.39, 0.29) is 24.1 Å². The van der Waals surface area contributed by atoms with E-state index in [1.54, 1.807) is 0 Å². The molecule has 0 spiro atoms. The lowest BCUT2D eigenvalue weighted by Crippen LogP contribution is -2.46. The van der Waals surface area contributed by atoms with E-state index in [2.05, 4.69) is 38.2 Å². The molecule has 0 aliphatic carbocycles. The predicted molar refractivity (Wildman–Crippen MR) is 132 cm³/mol. The molecule has 1 saturated heterocycles. The molecule has 1 aliphatic rings. The van der Waals surface area contributed by atoms with Gasteiger partial charge in [-0.1, -0.05) is 102 Å². The zero-order valence-corrected chi connectivity index (χ0v) is 20.5. The highest BCUT2D eigenvalue weighted by atomic mass is 16.6. The molecule has 3 nitrogen and oxygen atoms in total. The molecule has 1 heterocycles. The van der Waals surface area contributed by atoms with Crippen LogP contribution in [0.25, 0.3) is 0 Å². The first kappa shape index (κ1) is 27.9. The Balaban J connectivity index is 1.92. The highest BCUT2D eigenvalue weighted by Gasteiger charge is 2.42. The minimum absolute atomic E-state index is 0.0381. The standard InChI is InChI=1S/C28H50O3/c1-3-5-7-9-10-11-12-13-14-15-16-17-18-19-20-22-25(29)24-27-26(28(30)31-27)23-21-8-6-4-2/h10-11,13-14,25-27,29H,3-9,12,15-24H2,1-2H3/t25?,26-,27+/m0/s1. The van der Waals surface area contributed by atoms with Gasteiger partial charge in [0.15, 0.2) is 0 Å². The van der Waals surface area contributed by atoms with E-state index in [9.17, 15) is 9.90 Å². The van der Waals surface area contributed by atoms with Gasteiger partial charge >= 0.3 is 5.97 Å². The first-order valence-electron chi connectivity index (χ1n) is 13.4. The fourth-order valence-electron chi connectivity index (χ4n) is 4.28. The average Bonchev–Trinajstić information content (AvgIpc) is 2.76. The average molecular weight is 435 g/mol. The van der Waals surface area contributed by atoms with Crippen LogP contribution in [0.2, 0.25) is 0 Å². The van der Waals surface area contributed by atoms with Gasteiger partial charge in [0.05, 0.1) is 12.0 Å². The summed E-state index contributed by atoms with van der Waals surface area (Å²) in [6.45, 7) is 4.44. The molecule has 0 aromatic rings. The Labute approximate surface area is 192 Å². The van der Waals surface area contributed by atoms with Gasteiger partial charge in [0, 0.05) is 6.42 Å². The Kier molecular flexibility index (Phi) is 17.7. The minimum atomic E-state index is -0.325. The third-order valence-electron chi connectivity index (χ3n) is 6.38. The summed E-state index contributed by atoms with van der Waals surface area (Å²) < 4.78 is 5.30. The summed E-state index contributed by atoms with van der Waals surface area (Å²) in [5, 5.41) is 10.3. The zero-order valence-electron chi connectivity index (χ0n) is 20.5. The number of carbonyl (C=O) groups excluding carboxylic acids is 1. The van der Waals surface area contributed by atoms with Crippen LogP contribution < -0.4 is 0 Å². The lowest BCUT2D eigenvalue weighted by Gasteiger charge is -2.36. The molecule has 0 radical (unpaired) electrons. The van der Waals surface area contributed by atoms with Crippen molar-refractivity contribution in [2.75, 3.05) is 0 Å². The highest BCUT2D eigenvalue weighted by molar-refractivity contribution is 5.78. The minimum Gasteiger partial charge on any atom is -0.461 e. The third kappa shape index (κ3) is 14.6. The molecule has 0 aromatic heterocycles. The van der Waals surface area contributed by atoms with Gasteiger partial charge in [-0.15, -0.1) is 0 Å². The first-order valence-corrected chi connectivity index (χ1v) is 13.4. The predicted octanol–water partition coefficient (Wildman–Crippen LogP) is 8.06. The van der Waals surface area contributed by atoms with E-state index in [0.29, 0.717) is 6.42 Å². The fourth-order valence-corrected chi connectivity index (χ4v) is 4.28. The first-order chi connectivity index (χ1) is 15.2. The summed E-state index contributed by atoms with van der Waals surface area (Å²) >= 11 is 0. The maximum absolute atomic E-state index is 11.7. The molecule has 1 aliphatic heterocycles. The summed E-state index contributed by atoms with van der Waals surface area (Å²) in [7, 11) is 0. The molecule has 3 atom stereocenters. The summed E-state index contributed by atoms with van der Waals surface area (Å²) in [5.74, 6) is -0.0122. The molecular weight excluding hydrogens is 384 g/mol. The summed E-state index contributed by atoms with van der Waals surface area (Å²) in [4.78, 5) is 11.7. The second kappa shape index (κ2) is 19.6. The topological polar surface area (TPSA) is 46.5 Å². The van der Waals surface area contributed by atoms with Gasteiger partial charge in [0.2, 0.25) is 0 Å². The summed E-state index contributed by atoms with van der Waals surface area (Å²) in [6.07, 6.45) is 29.5. The van der Waals surface area contributed by atoms with Crippen molar-refractivity contribution in [3.05, 3.63) is 24.3 Å². The number of unbranched alkanes of at least 4 members (excludes halogenated alkanes) is 11.